The van der Waals surface area contributed by atoms with Gasteiger partial charge in [0.25, 0.3) is 5.91 Å². The number of hydrogen-bond donors (Lipinski definition) is 2. The van der Waals surface area contributed by atoms with Crippen LogP contribution in [0.25, 0.3) is 0 Å². The Morgan fingerprint density at radius 2 is 2.27 bits per heavy atom. The maximum Gasteiger partial charge on any atom is 0.255 e. The molecule has 0 saturated carbocycles. The molecule has 0 heterocycles. The SMILES string of the molecule is Cc1cc([C@@H](C)O)ccc1OCC(N)=O. The molecule has 15 heavy (non-hydrogen) atoms. The summed E-state index contributed by atoms with van der Waals surface area (Å²) in [7, 11) is 0. The fourth-order valence-corrected chi connectivity index (χ4v) is 1.24. The van der Waals surface area contributed by atoms with E-state index in [-0.39, 0.29) is 6.61 Å². The van der Waals surface area contributed by atoms with Gasteiger partial charge in [0.05, 0.1) is 6.10 Å². The van der Waals surface area contributed by atoms with Gasteiger partial charge in [-0.1, -0.05) is 6.07 Å². The number of aryl methyl sites for hydroxylation is 1. The van der Waals surface area contributed by atoms with E-state index < -0.39 is 12.0 Å². The molecule has 1 amide bonds. The third kappa shape index (κ3) is 3.25. The van der Waals surface area contributed by atoms with Gasteiger partial charge in [0, 0.05) is 0 Å². The van der Waals surface area contributed by atoms with Crippen LogP contribution < -0.4 is 10.5 Å². The highest BCUT2D eigenvalue weighted by molar-refractivity contribution is 5.75. The molecule has 0 unspecified atom stereocenters. The van der Waals surface area contributed by atoms with Gasteiger partial charge in [0.1, 0.15) is 5.75 Å². The van der Waals surface area contributed by atoms with Gasteiger partial charge in [-0.2, -0.15) is 0 Å². The van der Waals surface area contributed by atoms with Gasteiger partial charge in [-0.15, -0.1) is 0 Å². The second kappa shape index (κ2) is 4.79. The van der Waals surface area contributed by atoms with E-state index in [1.165, 1.54) is 0 Å². The van der Waals surface area contributed by atoms with Crippen molar-refractivity contribution in [3.8, 4) is 5.75 Å². The van der Waals surface area contributed by atoms with Gasteiger partial charge in [-0.3, -0.25) is 4.79 Å². The van der Waals surface area contributed by atoms with Crippen molar-refractivity contribution in [2.24, 2.45) is 5.73 Å². The number of rotatable bonds is 4. The van der Waals surface area contributed by atoms with Crippen LogP contribution in [0.15, 0.2) is 18.2 Å². The van der Waals surface area contributed by atoms with E-state index in [4.69, 9.17) is 10.5 Å². The van der Waals surface area contributed by atoms with Gasteiger partial charge in [-0.25, -0.2) is 0 Å². The molecule has 0 aliphatic rings. The predicted octanol–water partition coefficient (Wildman–Crippen LogP) is 0.912. The topological polar surface area (TPSA) is 72.6 Å². The van der Waals surface area contributed by atoms with E-state index in [1.54, 1.807) is 19.1 Å². The summed E-state index contributed by atoms with van der Waals surface area (Å²) in [6, 6.07) is 5.30. The van der Waals surface area contributed by atoms with Crippen molar-refractivity contribution in [2.45, 2.75) is 20.0 Å². The van der Waals surface area contributed by atoms with Crippen LogP contribution in [0.5, 0.6) is 5.75 Å². The monoisotopic (exact) mass is 209 g/mol. The van der Waals surface area contributed by atoms with Gasteiger partial charge in [0.2, 0.25) is 0 Å². The van der Waals surface area contributed by atoms with Crippen molar-refractivity contribution < 1.29 is 14.6 Å². The van der Waals surface area contributed by atoms with E-state index in [0.717, 1.165) is 11.1 Å². The molecule has 0 aliphatic heterocycles. The minimum atomic E-state index is -0.506. The van der Waals surface area contributed by atoms with Crippen molar-refractivity contribution in [2.75, 3.05) is 6.61 Å². The molecule has 0 radical (unpaired) electrons. The van der Waals surface area contributed by atoms with E-state index in [1.807, 2.05) is 13.0 Å². The first-order valence-electron chi connectivity index (χ1n) is 4.70. The molecule has 0 bridgehead atoms. The number of primary amides is 1. The maximum absolute atomic E-state index is 10.5. The Morgan fingerprint density at radius 1 is 1.60 bits per heavy atom. The van der Waals surface area contributed by atoms with Crippen LogP contribution >= 0.6 is 0 Å². The molecule has 1 rings (SSSR count). The highest BCUT2D eigenvalue weighted by atomic mass is 16.5. The first-order valence-corrected chi connectivity index (χ1v) is 4.70. The Bertz CT molecular complexity index is 361. The van der Waals surface area contributed by atoms with Gasteiger partial charge >= 0.3 is 0 Å². The van der Waals surface area contributed by atoms with Crippen LogP contribution in [-0.4, -0.2) is 17.6 Å². The van der Waals surface area contributed by atoms with Crippen LogP contribution in [-0.2, 0) is 4.79 Å². The molecule has 0 aliphatic carbocycles. The van der Waals surface area contributed by atoms with Crippen LogP contribution in [0.1, 0.15) is 24.2 Å². The van der Waals surface area contributed by atoms with Crippen molar-refractivity contribution in [1.29, 1.82) is 0 Å². The predicted molar refractivity (Wildman–Crippen MR) is 56.5 cm³/mol. The summed E-state index contributed by atoms with van der Waals surface area (Å²) < 4.78 is 5.18. The number of ether oxygens (including phenoxy) is 1. The van der Waals surface area contributed by atoms with Crippen LogP contribution in [0.2, 0.25) is 0 Å². The molecule has 1 aromatic rings. The standard InChI is InChI=1S/C11H15NO3/c1-7-5-9(8(2)13)3-4-10(7)15-6-11(12)14/h3-5,8,13H,6H2,1-2H3,(H2,12,14)/t8-/m1/s1. The minimum Gasteiger partial charge on any atom is -0.484 e. The molecular weight excluding hydrogens is 194 g/mol. The zero-order valence-corrected chi connectivity index (χ0v) is 8.86. The summed E-state index contributed by atoms with van der Waals surface area (Å²) in [4.78, 5) is 10.5. The third-order valence-corrected chi connectivity index (χ3v) is 2.05. The zero-order valence-electron chi connectivity index (χ0n) is 8.86. The first kappa shape index (κ1) is 11.5. The highest BCUT2D eigenvalue weighted by Gasteiger charge is 2.05. The molecule has 0 fully saturated rings. The second-order valence-corrected chi connectivity index (χ2v) is 3.46. The quantitative estimate of drug-likeness (QED) is 0.774. The average molecular weight is 209 g/mol. The van der Waals surface area contributed by atoms with Crippen LogP contribution in [0, 0.1) is 6.92 Å². The fourth-order valence-electron chi connectivity index (χ4n) is 1.24. The van der Waals surface area contributed by atoms with Crippen molar-refractivity contribution in [3.05, 3.63) is 29.3 Å². The minimum absolute atomic E-state index is 0.130. The smallest absolute Gasteiger partial charge is 0.255 e. The summed E-state index contributed by atoms with van der Waals surface area (Å²) in [5, 5.41) is 9.34. The van der Waals surface area contributed by atoms with Crippen molar-refractivity contribution in [1.82, 2.24) is 0 Å². The average Bonchev–Trinajstić information content (AvgIpc) is 2.15. The zero-order chi connectivity index (χ0) is 11.4. The van der Waals surface area contributed by atoms with Gasteiger partial charge in [0.15, 0.2) is 6.61 Å². The molecule has 0 aromatic heterocycles. The fraction of sp³-hybridized carbons (Fsp3) is 0.364. The third-order valence-electron chi connectivity index (χ3n) is 2.05. The lowest BCUT2D eigenvalue weighted by Crippen LogP contribution is -2.20. The molecule has 0 saturated heterocycles. The number of hydrogen-bond acceptors (Lipinski definition) is 3. The number of carbonyl (C=O) groups is 1. The number of aliphatic hydroxyl groups is 1. The lowest BCUT2D eigenvalue weighted by Gasteiger charge is -2.10. The number of aliphatic hydroxyl groups excluding tert-OH is 1. The van der Waals surface area contributed by atoms with Gasteiger partial charge < -0.3 is 15.6 Å². The summed E-state index contributed by atoms with van der Waals surface area (Å²) in [5.41, 5.74) is 6.65. The molecule has 4 nitrogen and oxygen atoms in total. The van der Waals surface area contributed by atoms with Crippen molar-refractivity contribution in [3.63, 3.8) is 0 Å². The largest absolute Gasteiger partial charge is 0.484 e. The maximum atomic E-state index is 10.5. The summed E-state index contributed by atoms with van der Waals surface area (Å²) in [5.74, 6) is 0.104. The van der Waals surface area contributed by atoms with E-state index >= 15 is 0 Å². The Hall–Kier alpha value is -1.55. The summed E-state index contributed by atoms with van der Waals surface area (Å²) >= 11 is 0. The van der Waals surface area contributed by atoms with E-state index in [2.05, 4.69) is 0 Å². The molecule has 1 atom stereocenters. The summed E-state index contributed by atoms with van der Waals surface area (Å²) in [6.45, 7) is 3.41. The molecular formula is C11H15NO3. The molecule has 3 N–H and O–H groups in total. The van der Waals surface area contributed by atoms with Gasteiger partial charge in [-0.05, 0) is 37.1 Å². The second-order valence-electron chi connectivity index (χ2n) is 3.46. The normalized spacial score (nSPS) is 12.2. The molecule has 82 valence electrons. The number of carbonyl (C=O) groups excluding carboxylic acids is 1. The van der Waals surface area contributed by atoms with Crippen molar-refractivity contribution >= 4 is 5.91 Å². The Balaban J connectivity index is 2.79. The van der Waals surface area contributed by atoms with E-state index in [0.29, 0.717) is 5.75 Å². The molecule has 0 spiro atoms. The molecule has 1 aromatic carbocycles. The number of nitrogens with two attached hydrogens (primary N) is 1. The lowest BCUT2D eigenvalue weighted by atomic mass is 10.1. The number of benzene rings is 1. The Kier molecular flexibility index (Phi) is 3.68. The lowest BCUT2D eigenvalue weighted by molar-refractivity contribution is -0.119. The number of amides is 1. The van der Waals surface area contributed by atoms with E-state index in [9.17, 15) is 9.90 Å². The highest BCUT2D eigenvalue weighted by Crippen LogP contribution is 2.22. The Morgan fingerprint density at radius 3 is 2.73 bits per heavy atom. The van der Waals surface area contributed by atoms with Crippen LogP contribution in [0.3, 0.4) is 0 Å². The molecule has 4 heteroatoms. The van der Waals surface area contributed by atoms with Crippen LogP contribution in [0.4, 0.5) is 0 Å². The Labute approximate surface area is 88.7 Å². The first-order chi connectivity index (χ1) is 7.00. The summed E-state index contributed by atoms with van der Waals surface area (Å²) in [6.07, 6.45) is -0.506.